The molecule has 4 nitrogen and oxygen atoms in total. The van der Waals surface area contributed by atoms with Crippen LogP contribution in [0.2, 0.25) is 5.02 Å². The van der Waals surface area contributed by atoms with Crippen LogP contribution in [0.4, 0.5) is 5.82 Å². The zero-order valence-corrected chi connectivity index (χ0v) is 16.8. The van der Waals surface area contributed by atoms with Gasteiger partial charge in [0.05, 0.1) is 5.69 Å². The molecule has 0 saturated carbocycles. The lowest BCUT2D eigenvalue weighted by Crippen LogP contribution is -2.28. The Hall–Kier alpha value is -1.85. The molecule has 0 aliphatic rings. The van der Waals surface area contributed by atoms with Gasteiger partial charge in [0.15, 0.2) is 4.96 Å². The molecule has 0 saturated heterocycles. The number of halogens is 1. The lowest BCUT2D eigenvalue weighted by atomic mass is 10.2. The maximum atomic E-state index is 12.9. The van der Waals surface area contributed by atoms with E-state index in [1.165, 1.54) is 11.3 Å². The van der Waals surface area contributed by atoms with E-state index in [2.05, 4.69) is 18.7 Å². The van der Waals surface area contributed by atoms with E-state index in [0.29, 0.717) is 5.02 Å². The molecule has 0 unspecified atom stereocenters. The molecule has 2 aromatic heterocycles. The summed E-state index contributed by atoms with van der Waals surface area (Å²) in [4.78, 5) is 20.6. The van der Waals surface area contributed by atoms with Crippen molar-refractivity contribution in [2.75, 3.05) is 18.0 Å². The molecule has 0 spiro atoms. The normalized spacial score (nSPS) is 11.2. The molecule has 0 N–H and O–H groups in total. The summed E-state index contributed by atoms with van der Waals surface area (Å²) in [5.41, 5.74) is 1.79. The second-order valence-corrected chi connectivity index (χ2v) is 7.67. The number of benzene rings is 1. The van der Waals surface area contributed by atoms with Gasteiger partial charge < -0.3 is 4.90 Å². The highest BCUT2D eigenvalue weighted by Gasteiger charge is 2.14. The van der Waals surface area contributed by atoms with Crippen LogP contribution in [0.25, 0.3) is 16.2 Å². The first-order valence-corrected chi connectivity index (χ1v) is 10.4. The van der Waals surface area contributed by atoms with Crippen LogP contribution in [0.15, 0.2) is 40.5 Å². The van der Waals surface area contributed by atoms with Gasteiger partial charge in [0, 0.05) is 29.6 Å². The number of aromatic nitrogens is 2. The van der Waals surface area contributed by atoms with E-state index < -0.39 is 0 Å². The predicted molar refractivity (Wildman–Crippen MR) is 112 cm³/mol. The van der Waals surface area contributed by atoms with Crippen molar-refractivity contribution < 1.29 is 0 Å². The number of unbranched alkanes of at least 4 members (excludes halogenated alkanes) is 2. The second-order valence-electron chi connectivity index (χ2n) is 6.39. The summed E-state index contributed by atoms with van der Waals surface area (Å²) in [5, 5.41) is 2.67. The number of anilines is 1. The summed E-state index contributed by atoms with van der Waals surface area (Å²) in [5.74, 6) is 0.793. The first-order valence-electron chi connectivity index (χ1n) is 9.16. The van der Waals surface area contributed by atoms with Gasteiger partial charge in [0.2, 0.25) is 0 Å². The standard InChI is InChI=1S/C20H24ClN3OS/c1-3-5-11-23(12-6-4-2)18-13-19(25)24-17(14-26-20(24)22-18)15-7-9-16(21)10-8-15/h7-10,13-14H,3-6,11-12H2,1-2H3. The smallest absolute Gasteiger partial charge is 0.261 e. The van der Waals surface area contributed by atoms with Crippen LogP contribution in [0.5, 0.6) is 0 Å². The average Bonchev–Trinajstić information content (AvgIpc) is 3.07. The van der Waals surface area contributed by atoms with Crippen LogP contribution in [0.1, 0.15) is 39.5 Å². The van der Waals surface area contributed by atoms with Gasteiger partial charge in [-0.1, -0.05) is 50.4 Å². The number of fused-ring (bicyclic) bond motifs is 1. The van der Waals surface area contributed by atoms with Crippen LogP contribution in [0, 0.1) is 0 Å². The zero-order chi connectivity index (χ0) is 18.5. The molecule has 0 atom stereocenters. The van der Waals surface area contributed by atoms with Crippen LogP contribution >= 0.6 is 22.9 Å². The first kappa shape index (κ1) is 18.9. The Balaban J connectivity index is 2.00. The van der Waals surface area contributed by atoms with Gasteiger partial charge in [-0.25, -0.2) is 4.98 Å². The predicted octanol–water partition coefficient (Wildman–Crippen LogP) is 5.48. The summed E-state index contributed by atoms with van der Waals surface area (Å²) >= 11 is 7.48. The van der Waals surface area contributed by atoms with Crippen molar-refractivity contribution in [3.05, 3.63) is 51.1 Å². The van der Waals surface area contributed by atoms with Crippen molar-refractivity contribution in [3.63, 3.8) is 0 Å². The molecule has 1 aromatic carbocycles. The SMILES string of the molecule is CCCCN(CCCC)c1cc(=O)n2c(-c3ccc(Cl)cc3)csc2n1. The number of nitrogens with zero attached hydrogens (tertiary/aromatic N) is 3. The molecule has 3 aromatic rings. The second kappa shape index (κ2) is 8.69. The molecule has 0 fully saturated rings. The molecule has 138 valence electrons. The minimum atomic E-state index is -0.0332. The molecule has 0 radical (unpaired) electrons. The third-order valence-corrected chi connectivity index (χ3v) is 5.50. The highest BCUT2D eigenvalue weighted by Crippen LogP contribution is 2.26. The van der Waals surface area contributed by atoms with Crippen LogP contribution in [-0.2, 0) is 0 Å². The molecule has 0 aliphatic carbocycles. The summed E-state index contributed by atoms with van der Waals surface area (Å²) in [6.07, 6.45) is 4.46. The molecule has 0 bridgehead atoms. The van der Waals surface area contributed by atoms with Crippen molar-refractivity contribution in [2.24, 2.45) is 0 Å². The molecule has 3 rings (SSSR count). The summed E-state index contributed by atoms with van der Waals surface area (Å²) in [6, 6.07) is 9.21. The minimum absolute atomic E-state index is 0.0332. The molecule has 0 amide bonds. The number of thiazole rings is 1. The molecule has 2 heterocycles. The summed E-state index contributed by atoms with van der Waals surface area (Å²) in [6.45, 7) is 6.24. The minimum Gasteiger partial charge on any atom is -0.356 e. The number of hydrogen-bond donors (Lipinski definition) is 0. The Bertz CT molecular complexity index is 909. The molecule has 26 heavy (non-hydrogen) atoms. The highest BCUT2D eigenvalue weighted by atomic mass is 35.5. The topological polar surface area (TPSA) is 37.6 Å². The van der Waals surface area contributed by atoms with E-state index in [1.807, 2.05) is 29.6 Å². The zero-order valence-electron chi connectivity index (χ0n) is 15.2. The van der Waals surface area contributed by atoms with Gasteiger partial charge in [0.25, 0.3) is 5.56 Å². The van der Waals surface area contributed by atoms with Gasteiger partial charge in [-0.15, -0.1) is 11.3 Å². The summed E-state index contributed by atoms with van der Waals surface area (Å²) in [7, 11) is 0. The van der Waals surface area contributed by atoms with Crippen molar-refractivity contribution in [3.8, 4) is 11.3 Å². The maximum absolute atomic E-state index is 12.9. The Morgan fingerprint density at radius 3 is 2.38 bits per heavy atom. The average molecular weight is 390 g/mol. The molecule has 6 heteroatoms. The molecule has 0 aliphatic heterocycles. The molecular formula is C20H24ClN3OS. The lowest BCUT2D eigenvalue weighted by Gasteiger charge is -2.23. The van der Waals surface area contributed by atoms with Crippen molar-refractivity contribution in [1.82, 2.24) is 9.38 Å². The first-order chi connectivity index (χ1) is 12.6. The van der Waals surface area contributed by atoms with Crippen molar-refractivity contribution >= 4 is 33.7 Å². The fraction of sp³-hybridized carbons (Fsp3) is 0.400. The van der Waals surface area contributed by atoms with Gasteiger partial charge in [-0.3, -0.25) is 9.20 Å². The van der Waals surface area contributed by atoms with E-state index in [1.54, 1.807) is 10.5 Å². The Kier molecular flexibility index (Phi) is 6.33. The lowest BCUT2D eigenvalue weighted by molar-refractivity contribution is 0.671. The van der Waals surface area contributed by atoms with E-state index >= 15 is 0 Å². The van der Waals surface area contributed by atoms with E-state index in [4.69, 9.17) is 16.6 Å². The third kappa shape index (κ3) is 4.10. The van der Waals surface area contributed by atoms with Gasteiger partial charge in [-0.2, -0.15) is 0 Å². The van der Waals surface area contributed by atoms with Crippen LogP contribution < -0.4 is 10.5 Å². The quantitative estimate of drug-likeness (QED) is 0.511. The van der Waals surface area contributed by atoms with Gasteiger partial charge in [0.1, 0.15) is 5.82 Å². The Labute approximate surface area is 163 Å². The van der Waals surface area contributed by atoms with Gasteiger partial charge in [-0.05, 0) is 30.5 Å². The fourth-order valence-corrected chi connectivity index (χ4v) is 3.95. The van der Waals surface area contributed by atoms with E-state index in [9.17, 15) is 4.79 Å². The number of rotatable bonds is 8. The largest absolute Gasteiger partial charge is 0.356 e. The van der Waals surface area contributed by atoms with Crippen molar-refractivity contribution in [1.29, 1.82) is 0 Å². The van der Waals surface area contributed by atoms with Gasteiger partial charge >= 0.3 is 0 Å². The monoisotopic (exact) mass is 389 g/mol. The summed E-state index contributed by atoms with van der Waals surface area (Å²) < 4.78 is 1.69. The third-order valence-electron chi connectivity index (χ3n) is 4.42. The van der Waals surface area contributed by atoms with E-state index in [-0.39, 0.29) is 5.56 Å². The maximum Gasteiger partial charge on any atom is 0.261 e. The number of hydrogen-bond acceptors (Lipinski definition) is 4. The molecular weight excluding hydrogens is 366 g/mol. The Morgan fingerprint density at radius 2 is 1.77 bits per heavy atom. The fourth-order valence-electron chi connectivity index (χ4n) is 2.93. The van der Waals surface area contributed by atoms with Crippen LogP contribution in [-0.4, -0.2) is 22.5 Å². The van der Waals surface area contributed by atoms with Crippen LogP contribution in [0.3, 0.4) is 0 Å². The van der Waals surface area contributed by atoms with Crippen molar-refractivity contribution in [2.45, 2.75) is 39.5 Å². The highest BCUT2D eigenvalue weighted by molar-refractivity contribution is 7.15. The Morgan fingerprint density at radius 1 is 1.12 bits per heavy atom. The van der Waals surface area contributed by atoms with E-state index in [0.717, 1.165) is 60.8 Å².